The molecule has 1 unspecified atom stereocenters. The van der Waals surface area contributed by atoms with Gasteiger partial charge in [0.1, 0.15) is 18.2 Å². The number of carbonyl (C=O) groups excluding carboxylic acids is 1. The van der Waals surface area contributed by atoms with Crippen molar-refractivity contribution < 1.29 is 14.3 Å². The van der Waals surface area contributed by atoms with Crippen LogP contribution in [-0.4, -0.2) is 35.7 Å². The lowest BCUT2D eigenvalue weighted by Crippen LogP contribution is -2.39. The van der Waals surface area contributed by atoms with E-state index < -0.39 is 0 Å². The topological polar surface area (TPSA) is 63.7 Å². The van der Waals surface area contributed by atoms with Crippen molar-refractivity contribution >= 4 is 27.6 Å². The van der Waals surface area contributed by atoms with E-state index in [1.807, 2.05) is 41.3 Å². The molecule has 1 saturated heterocycles. The fourth-order valence-corrected chi connectivity index (χ4v) is 4.78. The summed E-state index contributed by atoms with van der Waals surface area (Å²) in [7, 11) is 0. The van der Waals surface area contributed by atoms with Crippen LogP contribution in [0.5, 0.6) is 11.5 Å². The summed E-state index contributed by atoms with van der Waals surface area (Å²) in [5.74, 6) is 1.55. The first-order valence-corrected chi connectivity index (χ1v) is 10.4. The molecule has 2 amide bonds. The summed E-state index contributed by atoms with van der Waals surface area (Å²) in [5.41, 5.74) is 2.07. The van der Waals surface area contributed by atoms with Gasteiger partial charge in [0.2, 0.25) is 0 Å². The molecule has 28 heavy (non-hydrogen) atoms. The van der Waals surface area contributed by atoms with Crippen LogP contribution >= 0.6 is 11.3 Å². The fourth-order valence-electron chi connectivity index (χ4n) is 3.87. The third kappa shape index (κ3) is 3.26. The van der Waals surface area contributed by atoms with Gasteiger partial charge in [0.25, 0.3) is 0 Å². The molecule has 2 aliphatic rings. The minimum atomic E-state index is -0.0448. The lowest BCUT2D eigenvalue weighted by Gasteiger charge is -2.26. The summed E-state index contributed by atoms with van der Waals surface area (Å²) < 4.78 is 12.4. The van der Waals surface area contributed by atoms with Crippen LogP contribution in [0.4, 0.5) is 4.79 Å². The van der Waals surface area contributed by atoms with Crippen molar-refractivity contribution in [3.05, 3.63) is 53.0 Å². The van der Waals surface area contributed by atoms with E-state index in [-0.39, 0.29) is 12.1 Å². The van der Waals surface area contributed by atoms with Gasteiger partial charge in [0.15, 0.2) is 11.5 Å². The van der Waals surface area contributed by atoms with Crippen molar-refractivity contribution in [2.45, 2.75) is 25.4 Å². The first-order chi connectivity index (χ1) is 13.8. The van der Waals surface area contributed by atoms with Gasteiger partial charge < -0.3 is 19.7 Å². The molecule has 0 aliphatic carbocycles. The number of carbonyl (C=O) groups is 1. The molecule has 1 fully saturated rings. The van der Waals surface area contributed by atoms with Crippen LogP contribution in [-0.2, 0) is 6.54 Å². The summed E-state index contributed by atoms with van der Waals surface area (Å²) in [6.07, 6.45) is 1.95. The predicted octanol–water partition coefficient (Wildman–Crippen LogP) is 4.11. The predicted molar refractivity (Wildman–Crippen MR) is 108 cm³/mol. The number of ether oxygens (including phenoxy) is 2. The lowest BCUT2D eigenvalue weighted by molar-refractivity contribution is 0.170. The standard InChI is InChI=1S/C21H21N3O3S/c25-21(22-13-20-23-15-4-1-2-6-19(15)28-20)24-9-3-5-16(24)14-7-8-17-18(12-14)27-11-10-26-17/h1-2,4,6-8,12,16H,3,5,9-11,13H2,(H,22,25). The van der Waals surface area contributed by atoms with E-state index in [1.54, 1.807) is 11.3 Å². The van der Waals surface area contributed by atoms with Crippen molar-refractivity contribution in [1.82, 2.24) is 15.2 Å². The Morgan fingerprint density at radius 1 is 1.18 bits per heavy atom. The Labute approximate surface area is 167 Å². The average Bonchev–Trinajstić information content (AvgIpc) is 3.38. The van der Waals surface area contributed by atoms with Crippen molar-refractivity contribution in [3.63, 3.8) is 0 Å². The van der Waals surface area contributed by atoms with Crippen molar-refractivity contribution in [1.29, 1.82) is 0 Å². The van der Waals surface area contributed by atoms with Gasteiger partial charge in [-0.2, -0.15) is 0 Å². The second-order valence-electron chi connectivity index (χ2n) is 6.99. The number of likely N-dealkylation sites (tertiary alicyclic amines) is 1. The molecule has 1 atom stereocenters. The molecule has 2 aliphatic heterocycles. The molecule has 6 nitrogen and oxygen atoms in total. The monoisotopic (exact) mass is 395 g/mol. The van der Waals surface area contributed by atoms with Crippen molar-refractivity contribution in [2.24, 2.45) is 0 Å². The van der Waals surface area contributed by atoms with Crippen LogP contribution < -0.4 is 14.8 Å². The van der Waals surface area contributed by atoms with Gasteiger partial charge in [-0.1, -0.05) is 18.2 Å². The van der Waals surface area contributed by atoms with Gasteiger partial charge in [-0.15, -0.1) is 11.3 Å². The molecule has 1 aromatic heterocycles. The Morgan fingerprint density at radius 2 is 2.04 bits per heavy atom. The molecule has 0 spiro atoms. The molecule has 7 heteroatoms. The molecule has 0 bridgehead atoms. The number of benzene rings is 2. The number of nitrogens with one attached hydrogen (secondary N) is 1. The molecule has 0 radical (unpaired) electrons. The van der Waals surface area contributed by atoms with Crippen LogP contribution in [0.15, 0.2) is 42.5 Å². The van der Waals surface area contributed by atoms with E-state index in [2.05, 4.69) is 16.4 Å². The molecule has 3 aromatic rings. The summed E-state index contributed by atoms with van der Waals surface area (Å²) >= 11 is 1.62. The SMILES string of the molecule is O=C(NCc1nc2ccccc2s1)N1CCCC1c1ccc2c(c1)OCCO2. The van der Waals surface area contributed by atoms with Crippen LogP contribution in [0, 0.1) is 0 Å². The molecule has 5 rings (SSSR count). The first-order valence-electron chi connectivity index (χ1n) is 9.56. The molecule has 0 saturated carbocycles. The van der Waals surface area contributed by atoms with Crippen LogP contribution in [0.2, 0.25) is 0 Å². The second kappa shape index (κ2) is 7.31. The third-order valence-corrected chi connectivity index (χ3v) is 6.23. The number of urea groups is 1. The number of aromatic nitrogens is 1. The van der Waals surface area contributed by atoms with Crippen molar-refractivity contribution in [2.75, 3.05) is 19.8 Å². The minimum Gasteiger partial charge on any atom is -0.486 e. The number of thiazole rings is 1. The summed E-state index contributed by atoms with van der Waals surface area (Å²) in [4.78, 5) is 19.3. The average molecular weight is 395 g/mol. The number of fused-ring (bicyclic) bond motifs is 2. The Balaban J connectivity index is 1.28. The summed E-state index contributed by atoms with van der Waals surface area (Å²) in [5, 5.41) is 3.96. The van der Waals surface area contributed by atoms with Gasteiger partial charge in [0, 0.05) is 6.54 Å². The maximum atomic E-state index is 12.8. The number of nitrogens with zero attached hydrogens (tertiary/aromatic N) is 2. The molecular formula is C21H21N3O3S. The van der Waals surface area contributed by atoms with E-state index in [1.165, 1.54) is 0 Å². The minimum absolute atomic E-state index is 0.0448. The van der Waals surface area contributed by atoms with E-state index in [9.17, 15) is 4.79 Å². The highest BCUT2D eigenvalue weighted by Crippen LogP contribution is 2.38. The molecule has 144 valence electrons. The Kier molecular flexibility index (Phi) is 4.52. The molecule has 2 aromatic carbocycles. The number of hydrogen-bond donors (Lipinski definition) is 1. The van der Waals surface area contributed by atoms with Gasteiger partial charge in [-0.3, -0.25) is 0 Å². The van der Waals surface area contributed by atoms with Crippen molar-refractivity contribution in [3.8, 4) is 11.5 Å². The third-order valence-electron chi connectivity index (χ3n) is 5.19. The second-order valence-corrected chi connectivity index (χ2v) is 8.10. The number of amides is 2. The molecule has 1 N–H and O–H groups in total. The zero-order valence-electron chi connectivity index (χ0n) is 15.4. The van der Waals surface area contributed by atoms with E-state index in [0.717, 1.165) is 51.7 Å². The maximum absolute atomic E-state index is 12.8. The van der Waals surface area contributed by atoms with E-state index in [0.29, 0.717) is 19.8 Å². The lowest BCUT2D eigenvalue weighted by atomic mass is 10.0. The van der Waals surface area contributed by atoms with Crippen LogP contribution in [0.25, 0.3) is 10.2 Å². The van der Waals surface area contributed by atoms with Gasteiger partial charge in [0.05, 0.1) is 22.8 Å². The van der Waals surface area contributed by atoms with E-state index in [4.69, 9.17) is 9.47 Å². The highest BCUT2D eigenvalue weighted by molar-refractivity contribution is 7.18. The highest BCUT2D eigenvalue weighted by atomic mass is 32.1. The Bertz CT molecular complexity index is 986. The normalized spacial score (nSPS) is 18.4. The van der Waals surface area contributed by atoms with E-state index >= 15 is 0 Å². The van der Waals surface area contributed by atoms with Crippen LogP contribution in [0.1, 0.15) is 29.5 Å². The van der Waals surface area contributed by atoms with Crippen LogP contribution in [0.3, 0.4) is 0 Å². The number of rotatable bonds is 3. The van der Waals surface area contributed by atoms with Gasteiger partial charge in [-0.25, -0.2) is 9.78 Å². The Morgan fingerprint density at radius 3 is 2.93 bits per heavy atom. The largest absolute Gasteiger partial charge is 0.486 e. The smallest absolute Gasteiger partial charge is 0.318 e. The van der Waals surface area contributed by atoms with Gasteiger partial charge >= 0.3 is 6.03 Å². The summed E-state index contributed by atoms with van der Waals surface area (Å²) in [6.45, 7) is 2.34. The summed E-state index contributed by atoms with van der Waals surface area (Å²) in [6, 6.07) is 14.0. The Hall–Kier alpha value is -2.80. The zero-order chi connectivity index (χ0) is 18.9. The molecule has 3 heterocycles. The van der Waals surface area contributed by atoms with Gasteiger partial charge in [-0.05, 0) is 42.7 Å². The number of para-hydroxylation sites is 1. The zero-order valence-corrected chi connectivity index (χ0v) is 16.2. The fraction of sp³-hybridized carbons (Fsp3) is 0.333. The highest BCUT2D eigenvalue weighted by Gasteiger charge is 2.31. The quantitative estimate of drug-likeness (QED) is 0.725. The number of hydrogen-bond acceptors (Lipinski definition) is 5. The maximum Gasteiger partial charge on any atom is 0.318 e. The first kappa shape index (κ1) is 17.3. The molecular weight excluding hydrogens is 374 g/mol.